The zero-order valence-corrected chi connectivity index (χ0v) is 12.0. The molecule has 2 N–H and O–H groups in total. The first-order valence-corrected chi connectivity index (χ1v) is 7.90. The summed E-state index contributed by atoms with van der Waals surface area (Å²) in [4.78, 5) is 2.70. The number of hydrogen-bond donors (Lipinski definition) is 1. The summed E-state index contributed by atoms with van der Waals surface area (Å²) in [7, 11) is 0. The van der Waals surface area contributed by atoms with Crippen molar-refractivity contribution in [3.63, 3.8) is 0 Å². The molecule has 0 saturated heterocycles. The summed E-state index contributed by atoms with van der Waals surface area (Å²) in [5.74, 6) is 0. The molecule has 2 aliphatic rings. The van der Waals surface area contributed by atoms with Gasteiger partial charge in [0.1, 0.15) is 0 Å². The van der Waals surface area contributed by atoms with E-state index in [4.69, 9.17) is 5.73 Å². The summed E-state index contributed by atoms with van der Waals surface area (Å²) in [6.07, 6.45) is 8.10. The van der Waals surface area contributed by atoms with Gasteiger partial charge in [-0.05, 0) is 36.9 Å². The highest BCUT2D eigenvalue weighted by atomic mass is 15.2. The van der Waals surface area contributed by atoms with Crippen LogP contribution in [0.25, 0.3) is 0 Å². The summed E-state index contributed by atoms with van der Waals surface area (Å²) >= 11 is 0. The molecule has 0 heterocycles. The van der Waals surface area contributed by atoms with Crippen molar-refractivity contribution in [1.82, 2.24) is 4.90 Å². The third kappa shape index (κ3) is 2.44. The fraction of sp³-hybridized carbons (Fsp3) is 0.647. The normalized spacial score (nSPS) is 27.7. The predicted molar refractivity (Wildman–Crippen MR) is 80.1 cm³/mol. The van der Waals surface area contributed by atoms with Crippen molar-refractivity contribution in [3.05, 3.63) is 35.4 Å². The number of benzene rings is 1. The molecular weight excluding hydrogens is 232 g/mol. The van der Waals surface area contributed by atoms with Crippen molar-refractivity contribution in [2.45, 2.75) is 63.6 Å². The number of hydrogen-bond acceptors (Lipinski definition) is 2. The molecule has 0 aliphatic heterocycles. The Labute approximate surface area is 117 Å². The highest BCUT2D eigenvalue weighted by Crippen LogP contribution is 2.35. The van der Waals surface area contributed by atoms with Crippen LogP contribution in [0.5, 0.6) is 0 Å². The SMILES string of the molecule is CCN(C1CCCCC1)C1Cc2ccccc2C1N. The van der Waals surface area contributed by atoms with Crippen LogP contribution in [-0.4, -0.2) is 23.5 Å². The topological polar surface area (TPSA) is 29.3 Å². The highest BCUT2D eigenvalue weighted by Gasteiger charge is 2.36. The van der Waals surface area contributed by atoms with E-state index in [9.17, 15) is 0 Å². The van der Waals surface area contributed by atoms with Crippen molar-refractivity contribution in [2.75, 3.05) is 6.54 Å². The average molecular weight is 258 g/mol. The van der Waals surface area contributed by atoms with E-state index >= 15 is 0 Å². The maximum absolute atomic E-state index is 6.53. The van der Waals surface area contributed by atoms with Gasteiger partial charge >= 0.3 is 0 Å². The minimum Gasteiger partial charge on any atom is -0.323 e. The lowest BCUT2D eigenvalue weighted by Crippen LogP contribution is -2.47. The van der Waals surface area contributed by atoms with E-state index in [0.717, 1.165) is 19.0 Å². The summed E-state index contributed by atoms with van der Waals surface area (Å²) in [6, 6.07) is 10.2. The molecule has 0 bridgehead atoms. The molecule has 0 amide bonds. The molecular formula is C17H26N2. The number of nitrogens with two attached hydrogens (primary N) is 1. The third-order valence-corrected chi connectivity index (χ3v) is 5.09. The van der Waals surface area contributed by atoms with Gasteiger partial charge in [-0.1, -0.05) is 50.5 Å². The average Bonchev–Trinajstić information content (AvgIpc) is 2.79. The summed E-state index contributed by atoms with van der Waals surface area (Å²) in [6.45, 7) is 3.43. The molecule has 0 aromatic heterocycles. The fourth-order valence-corrected chi connectivity index (χ4v) is 4.10. The minimum atomic E-state index is 0.207. The van der Waals surface area contributed by atoms with Gasteiger partial charge in [-0.3, -0.25) is 4.90 Å². The van der Waals surface area contributed by atoms with Crippen molar-refractivity contribution < 1.29 is 0 Å². The van der Waals surface area contributed by atoms with Crippen LogP contribution in [0, 0.1) is 0 Å². The van der Waals surface area contributed by atoms with E-state index < -0.39 is 0 Å². The van der Waals surface area contributed by atoms with Crippen LogP contribution >= 0.6 is 0 Å². The second kappa shape index (κ2) is 5.64. The van der Waals surface area contributed by atoms with Crippen LogP contribution in [0.4, 0.5) is 0 Å². The first-order valence-electron chi connectivity index (χ1n) is 7.90. The Hall–Kier alpha value is -0.860. The molecule has 1 aromatic rings. The van der Waals surface area contributed by atoms with E-state index in [2.05, 4.69) is 36.1 Å². The first-order chi connectivity index (χ1) is 9.31. The van der Waals surface area contributed by atoms with E-state index in [1.807, 2.05) is 0 Å². The van der Waals surface area contributed by atoms with Gasteiger partial charge in [0.2, 0.25) is 0 Å². The Morgan fingerprint density at radius 2 is 1.89 bits per heavy atom. The predicted octanol–water partition coefficient (Wildman–Crippen LogP) is 3.27. The molecule has 3 rings (SSSR count). The number of fused-ring (bicyclic) bond motifs is 1. The van der Waals surface area contributed by atoms with Gasteiger partial charge in [-0.2, -0.15) is 0 Å². The lowest BCUT2D eigenvalue weighted by molar-refractivity contribution is 0.101. The Morgan fingerprint density at radius 3 is 2.58 bits per heavy atom. The molecule has 1 saturated carbocycles. The zero-order valence-electron chi connectivity index (χ0n) is 12.0. The highest BCUT2D eigenvalue weighted by molar-refractivity contribution is 5.37. The summed E-state index contributed by atoms with van der Waals surface area (Å²) in [5.41, 5.74) is 9.38. The smallest absolute Gasteiger partial charge is 0.0459 e. The van der Waals surface area contributed by atoms with Crippen molar-refractivity contribution in [1.29, 1.82) is 0 Å². The van der Waals surface area contributed by atoms with Crippen molar-refractivity contribution in [2.24, 2.45) is 5.73 Å². The second-order valence-electron chi connectivity index (χ2n) is 6.12. The minimum absolute atomic E-state index is 0.207. The molecule has 2 unspecified atom stereocenters. The molecule has 104 valence electrons. The Kier molecular flexibility index (Phi) is 3.90. The fourth-order valence-electron chi connectivity index (χ4n) is 4.10. The molecule has 2 atom stereocenters. The largest absolute Gasteiger partial charge is 0.323 e. The third-order valence-electron chi connectivity index (χ3n) is 5.09. The molecule has 0 radical (unpaired) electrons. The van der Waals surface area contributed by atoms with Gasteiger partial charge < -0.3 is 5.73 Å². The Balaban J connectivity index is 1.78. The van der Waals surface area contributed by atoms with Crippen LogP contribution in [-0.2, 0) is 6.42 Å². The number of rotatable bonds is 3. The van der Waals surface area contributed by atoms with E-state index in [1.54, 1.807) is 0 Å². The Morgan fingerprint density at radius 1 is 1.16 bits per heavy atom. The van der Waals surface area contributed by atoms with Crippen LogP contribution in [0.1, 0.15) is 56.2 Å². The molecule has 2 heteroatoms. The second-order valence-corrected chi connectivity index (χ2v) is 6.12. The van der Waals surface area contributed by atoms with Crippen LogP contribution in [0.3, 0.4) is 0 Å². The van der Waals surface area contributed by atoms with Crippen LogP contribution in [0.15, 0.2) is 24.3 Å². The molecule has 2 nitrogen and oxygen atoms in total. The maximum Gasteiger partial charge on any atom is 0.0459 e. The standard InChI is InChI=1S/C17H26N2/c1-2-19(14-9-4-3-5-10-14)16-12-13-8-6-7-11-15(13)17(16)18/h6-8,11,14,16-17H,2-5,9-10,12,18H2,1H3. The molecule has 0 spiro atoms. The van der Waals surface area contributed by atoms with E-state index in [0.29, 0.717) is 6.04 Å². The molecule has 2 aliphatic carbocycles. The molecule has 19 heavy (non-hydrogen) atoms. The monoisotopic (exact) mass is 258 g/mol. The number of nitrogens with zero attached hydrogens (tertiary/aromatic N) is 1. The molecule has 1 fully saturated rings. The van der Waals surface area contributed by atoms with Gasteiger partial charge in [0.15, 0.2) is 0 Å². The zero-order chi connectivity index (χ0) is 13.2. The van der Waals surface area contributed by atoms with Crippen molar-refractivity contribution >= 4 is 0 Å². The van der Waals surface area contributed by atoms with Crippen LogP contribution < -0.4 is 5.73 Å². The van der Waals surface area contributed by atoms with Gasteiger partial charge in [-0.15, -0.1) is 0 Å². The maximum atomic E-state index is 6.53. The lowest BCUT2D eigenvalue weighted by atomic mass is 9.92. The van der Waals surface area contributed by atoms with Gasteiger partial charge in [0.25, 0.3) is 0 Å². The van der Waals surface area contributed by atoms with Gasteiger partial charge in [0.05, 0.1) is 0 Å². The summed E-state index contributed by atoms with van der Waals surface area (Å²) < 4.78 is 0. The van der Waals surface area contributed by atoms with Gasteiger partial charge in [-0.25, -0.2) is 0 Å². The van der Waals surface area contributed by atoms with Gasteiger partial charge in [0, 0.05) is 18.1 Å². The van der Waals surface area contributed by atoms with E-state index in [-0.39, 0.29) is 6.04 Å². The summed E-state index contributed by atoms with van der Waals surface area (Å²) in [5, 5.41) is 0. The number of likely N-dealkylation sites (N-methyl/N-ethyl adjacent to an activating group) is 1. The molecule has 1 aromatic carbocycles. The Bertz CT molecular complexity index is 423. The van der Waals surface area contributed by atoms with Crippen molar-refractivity contribution in [3.8, 4) is 0 Å². The van der Waals surface area contributed by atoms with E-state index in [1.165, 1.54) is 43.2 Å². The van der Waals surface area contributed by atoms with Crippen LogP contribution in [0.2, 0.25) is 0 Å². The first kappa shape index (κ1) is 13.1. The quantitative estimate of drug-likeness (QED) is 0.901. The lowest BCUT2D eigenvalue weighted by Gasteiger charge is -2.39.